The predicted octanol–water partition coefficient (Wildman–Crippen LogP) is 2.36. The van der Waals surface area contributed by atoms with Crippen molar-refractivity contribution in [3.8, 4) is 0 Å². The summed E-state index contributed by atoms with van der Waals surface area (Å²) in [6.45, 7) is 4.23. The molecule has 2 atom stereocenters. The zero-order valence-electron chi connectivity index (χ0n) is 11.2. The number of halogens is 1. The van der Waals surface area contributed by atoms with Gasteiger partial charge in [0.1, 0.15) is 5.82 Å². The summed E-state index contributed by atoms with van der Waals surface area (Å²) in [5.41, 5.74) is 0.898. The van der Waals surface area contributed by atoms with Crippen molar-refractivity contribution < 1.29 is 4.39 Å². The maximum Gasteiger partial charge on any atom is 0.141 e. The van der Waals surface area contributed by atoms with Crippen LogP contribution in [0.5, 0.6) is 0 Å². The molecule has 0 radical (unpaired) electrons. The number of hydrogen-bond donors (Lipinski definition) is 1. The molecule has 1 aromatic rings. The van der Waals surface area contributed by atoms with Gasteiger partial charge in [0.15, 0.2) is 0 Å². The van der Waals surface area contributed by atoms with Crippen LogP contribution < -0.4 is 5.32 Å². The maximum atomic E-state index is 12.8. The lowest BCUT2D eigenvalue weighted by Crippen LogP contribution is -2.43. The number of piperidine rings is 1. The molecule has 2 unspecified atom stereocenters. The molecule has 0 aromatic carbocycles. The van der Waals surface area contributed by atoms with Crippen molar-refractivity contribution in [3.63, 3.8) is 0 Å². The van der Waals surface area contributed by atoms with E-state index >= 15 is 0 Å². The minimum atomic E-state index is -0.280. The molecule has 100 valence electrons. The molecule has 0 saturated carbocycles. The molecule has 4 heteroatoms. The number of hydrogen-bond acceptors (Lipinski definition) is 3. The van der Waals surface area contributed by atoms with Gasteiger partial charge in [-0.25, -0.2) is 4.39 Å². The molecule has 2 rings (SSSR count). The zero-order chi connectivity index (χ0) is 13.0. The normalized spacial score (nSPS) is 22.9. The summed E-state index contributed by atoms with van der Waals surface area (Å²) in [7, 11) is 2.19. The topological polar surface area (TPSA) is 28.2 Å². The molecule has 0 spiro atoms. The summed E-state index contributed by atoms with van der Waals surface area (Å²) in [6, 6.07) is 3.99. The van der Waals surface area contributed by atoms with E-state index < -0.39 is 0 Å². The number of likely N-dealkylation sites (N-methyl/N-ethyl adjacent to an activating group) is 1. The lowest BCUT2D eigenvalue weighted by molar-refractivity contribution is 0.178. The molecule has 18 heavy (non-hydrogen) atoms. The van der Waals surface area contributed by atoms with Gasteiger partial charge in [0.05, 0.1) is 11.9 Å². The molecule has 1 fully saturated rings. The summed E-state index contributed by atoms with van der Waals surface area (Å²) in [5, 5.41) is 3.49. The van der Waals surface area contributed by atoms with Crippen LogP contribution in [0.2, 0.25) is 0 Å². The van der Waals surface area contributed by atoms with E-state index in [4.69, 9.17) is 0 Å². The van der Waals surface area contributed by atoms with Crippen molar-refractivity contribution >= 4 is 0 Å². The molecule has 1 aliphatic rings. The summed E-state index contributed by atoms with van der Waals surface area (Å²) in [4.78, 5) is 6.53. The van der Waals surface area contributed by atoms with Gasteiger partial charge in [-0.2, -0.15) is 0 Å². The Labute approximate surface area is 108 Å². The first-order valence-electron chi connectivity index (χ1n) is 6.72. The van der Waals surface area contributed by atoms with Crippen molar-refractivity contribution in [2.45, 2.75) is 38.3 Å². The fraction of sp³-hybridized carbons (Fsp3) is 0.643. The van der Waals surface area contributed by atoms with Gasteiger partial charge in [0, 0.05) is 18.6 Å². The fourth-order valence-corrected chi connectivity index (χ4v) is 2.46. The Morgan fingerprint density at radius 3 is 3.00 bits per heavy atom. The van der Waals surface area contributed by atoms with Gasteiger partial charge in [-0.05, 0) is 45.5 Å². The number of rotatable bonds is 4. The number of nitrogens with zero attached hydrogens (tertiary/aromatic N) is 2. The minimum Gasteiger partial charge on any atom is -0.307 e. The second-order valence-corrected chi connectivity index (χ2v) is 5.16. The highest BCUT2D eigenvalue weighted by Crippen LogP contribution is 2.16. The molecule has 1 aliphatic heterocycles. The van der Waals surface area contributed by atoms with E-state index in [1.165, 1.54) is 38.1 Å². The molecule has 0 aliphatic carbocycles. The van der Waals surface area contributed by atoms with E-state index in [1.807, 2.05) is 0 Å². The van der Waals surface area contributed by atoms with Gasteiger partial charge in [-0.1, -0.05) is 6.42 Å². The summed E-state index contributed by atoms with van der Waals surface area (Å²) < 4.78 is 12.8. The SMILES string of the molecule is CC(NCC1CCCCN1C)c1ccc(F)cn1. The number of nitrogens with one attached hydrogen (secondary N) is 1. The molecule has 1 saturated heterocycles. The van der Waals surface area contributed by atoms with Crippen LogP contribution in [0, 0.1) is 5.82 Å². The van der Waals surface area contributed by atoms with Gasteiger partial charge >= 0.3 is 0 Å². The van der Waals surface area contributed by atoms with Gasteiger partial charge in [0.2, 0.25) is 0 Å². The molecule has 3 nitrogen and oxygen atoms in total. The van der Waals surface area contributed by atoms with Crippen LogP contribution in [0.25, 0.3) is 0 Å². The number of aromatic nitrogens is 1. The third-order valence-corrected chi connectivity index (χ3v) is 3.78. The largest absolute Gasteiger partial charge is 0.307 e. The Bertz CT molecular complexity index is 366. The minimum absolute atomic E-state index is 0.168. The van der Waals surface area contributed by atoms with Gasteiger partial charge in [-0.15, -0.1) is 0 Å². The van der Waals surface area contributed by atoms with E-state index in [0.717, 1.165) is 12.2 Å². The number of likely N-dealkylation sites (tertiary alicyclic amines) is 1. The molecular weight excluding hydrogens is 229 g/mol. The lowest BCUT2D eigenvalue weighted by atomic mass is 10.0. The molecule has 2 heterocycles. The van der Waals surface area contributed by atoms with Crippen LogP contribution in [0.1, 0.15) is 37.9 Å². The van der Waals surface area contributed by atoms with Crippen LogP contribution in [-0.2, 0) is 0 Å². The smallest absolute Gasteiger partial charge is 0.141 e. The van der Waals surface area contributed by atoms with Gasteiger partial charge in [0.25, 0.3) is 0 Å². The molecule has 0 amide bonds. The third-order valence-electron chi connectivity index (χ3n) is 3.78. The Kier molecular flexibility index (Phi) is 4.66. The summed E-state index contributed by atoms with van der Waals surface area (Å²) >= 11 is 0. The van der Waals surface area contributed by atoms with Crippen LogP contribution in [0.4, 0.5) is 4.39 Å². The van der Waals surface area contributed by atoms with Crippen LogP contribution in [0.3, 0.4) is 0 Å². The highest BCUT2D eigenvalue weighted by molar-refractivity contribution is 5.09. The first-order valence-corrected chi connectivity index (χ1v) is 6.72. The predicted molar refractivity (Wildman–Crippen MR) is 70.9 cm³/mol. The zero-order valence-corrected chi connectivity index (χ0v) is 11.2. The fourth-order valence-electron chi connectivity index (χ4n) is 2.46. The summed E-state index contributed by atoms with van der Waals surface area (Å²) in [6.07, 6.45) is 5.16. The Hall–Kier alpha value is -1.00. The van der Waals surface area contributed by atoms with Crippen molar-refractivity contribution in [3.05, 3.63) is 29.8 Å². The molecule has 1 N–H and O–H groups in total. The van der Waals surface area contributed by atoms with Crippen molar-refractivity contribution in [1.82, 2.24) is 15.2 Å². The van der Waals surface area contributed by atoms with Crippen LogP contribution >= 0.6 is 0 Å². The van der Waals surface area contributed by atoms with E-state index in [9.17, 15) is 4.39 Å². The second kappa shape index (κ2) is 6.25. The lowest BCUT2D eigenvalue weighted by Gasteiger charge is -2.33. The Morgan fingerprint density at radius 1 is 1.50 bits per heavy atom. The number of pyridine rings is 1. The molecule has 0 bridgehead atoms. The molecular formula is C14H22FN3. The third kappa shape index (κ3) is 3.50. The van der Waals surface area contributed by atoms with Crippen LogP contribution in [-0.4, -0.2) is 36.1 Å². The first-order chi connectivity index (χ1) is 8.66. The average molecular weight is 251 g/mol. The molecule has 1 aromatic heterocycles. The Balaban J connectivity index is 1.83. The van der Waals surface area contributed by atoms with Gasteiger partial charge in [-0.3, -0.25) is 4.98 Å². The van der Waals surface area contributed by atoms with Crippen molar-refractivity contribution in [2.24, 2.45) is 0 Å². The Morgan fingerprint density at radius 2 is 2.33 bits per heavy atom. The summed E-state index contributed by atoms with van der Waals surface area (Å²) in [5.74, 6) is -0.280. The van der Waals surface area contributed by atoms with Gasteiger partial charge < -0.3 is 10.2 Å². The van der Waals surface area contributed by atoms with E-state index in [1.54, 1.807) is 6.07 Å². The monoisotopic (exact) mass is 251 g/mol. The standard InChI is InChI=1S/C14H22FN3/c1-11(14-7-6-12(15)9-17-14)16-10-13-5-3-4-8-18(13)2/h6-7,9,11,13,16H,3-5,8,10H2,1-2H3. The van der Waals surface area contributed by atoms with E-state index in [2.05, 4.69) is 29.2 Å². The van der Waals surface area contributed by atoms with Crippen molar-refractivity contribution in [1.29, 1.82) is 0 Å². The first kappa shape index (κ1) is 13.4. The average Bonchev–Trinajstić information content (AvgIpc) is 2.38. The van der Waals surface area contributed by atoms with E-state index in [-0.39, 0.29) is 11.9 Å². The highest BCUT2D eigenvalue weighted by atomic mass is 19.1. The quantitative estimate of drug-likeness (QED) is 0.890. The second-order valence-electron chi connectivity index (χ2n) is 5.16. The van der Waals surface area contributed by atoms with E-state index in [0.29, 0.717) is 6.04 Å². The maximum absolute atomic E-state index is 12.8. The highest BCUT2D eigenvalue weighted by Gasteiger charge is 2.19. The van der Waals surface area contributed by atoms with Crippen molar-refractivity contribution in [2.75, 3.05) is 20.1 Å². The van der Waals surface area contributed by atoms with Crippen LogP contribution in [0.15, 0.2) is 18.3 Å².